The molecule has 3 aromatic rings. The maximum Gasteiger partial charge on any atom is 0.244 e. The third-order valence-electron chi connectivity index (χ3n) is 4.41. The van der Waals surface area contributed by atoms with Crippen LogP contribution in [-0.2, 0) is 11.2 Å². The quantitative estimate of drug-likeness (QED) is 0.561. The number of aromatic nitrogens is 3. The summed E-state index contributed by atoms with van der Waals surface area (Å²) in [6.45, 7) is 1.01. The average Bonchev–Trinajstić information content (AvgIpc) is 3.17. The van der Waals surface area contributed by atoms with E-state index in [0.29, 0.717) is 5.03 Å². The molecule has 0 unspecified atom stereocenters. The van der Waals surface area contributed by atoms with Gasteiger partial charge in [0, 0.05) is 36.8 Å². The Labute approximate surface area is 150 Å². The number of carbonyl (C=O) groups excluding carboxylic acids is 1. The lowest BCUT2D eigenvalue weighted by Crippen LogP contribution is -2.13. The first-order valence-corrected chi connectivity index (χ1v) is 8.36. The Balaban J connectivity index is 1.75. The van der Waals surface area contributed by atoms with Gasteiger partial charge in [0.1, 0.15) is 10.8 Å². The normalized spacial score (nSPS) is 14.2. The van der Waals surface area contributed by atoms with Crippen molar-refractivity contribution in [2.24, 2.45) is 5.73 Å². The van der Waals surface area contributed by atoms with Crippen LogP contribution in [0.5, 0.6) is 0 Å². The molecule has 1 aliphatic rings. The zero-order valence-corrected chi connectivity index (χ0v) is 14.6. The van der Waals surface area contributed by atoms with Gasteiger partial charge < -0.3 is 10.6 Å². The molecular formula is C18H17N5OS. The minimum Gasteiger partial charge on any atom is -0.366 e. The van der Waals surface area contributed by atoms with Crippen molar-refractivity contribution in [2.45, 2.75) is 6.42 Å². The number of hydrogen-bond acceptors (Lipinski definition) is 5. The fraction of sp³-hybridized carbons (Fsp3) is 0.167. The highest BCUT2D eigenvalue weighted by atomic mass is 32.1. The number of pyridine rings is 1. The van der Waals surface area contributed by atoms with E-state index in [4.69, 9.17) is 5.73 Å². The molecule has 0 fully saturated rings. The van der Waals surface area contributed by atoms with Crippen LogP contribution in [0.3, 0.4) is 0 Å². The number of nitrogens with zero attached hydrogens (tertiary/aromatic N) is 4. The second kappa shape index (κ2) is 5.93. The van der Waals surface area contributed by atoms with Crippen LogP contribution in [0.1, 0.15) is 5.56 Å². The van der Waals surface area contributed by atoms with Crippen molar-refractivity contribution >= 4 is 40.3 Å². The molecule has 0 bridgehead atoms. The zero-order valence-electron chi connectivity index (χ0n) is 13.7. The summed E-state index contributed by atoms with van der Waals surface area (Å²) in [5.41, 5.74) is 9.48. The van der Waals surface area contributed by atoms with Gasteiger partial charge in [-0.1, -0.05) is 6.07 Å². The molecule has 6 nitrogen and oxygen atoms in total. The molecular weight excluding hydrogens is 334 g/mol. The first-order chi connectivity index (χ1) is 12.0. The number of hydrogen-bond donors (Lipinski definition) is 2. The molecule has 4 rings (SSSR count). The predicted molar refractivity (Wildman–Crippen MR) is 102 cm³/mol. The number of amides is 1. The monoisotopic (exact) mass is 351 g/mol. The maximum atomic E-state index is 11.0. The number of primary amides is 1. The fourth-order valence-corrected chi connectivity index (χ4v) is 3.45. The van der Waals surface area contributed by atoms with Crippen LogP contribution < -0.4 is 10.6 Å². The second-order valence-corrected chi connectivity index (χ2v) is 6.57. The van der Waals surface area contributed by atoms with Crippen molar-refractivity contribution < 1.29 is 4.79 Å². The number of carbonyl (C=O) groups is 1. The van der Waals surface area contributed by atoms with E-state index in [0.717, 1.165) is 40.8 Å². The van der Waals surface area contributed by atoms with Gasteiger partial charge >= 0.3 is 0 Å². The van der Waals surface area contributed by atoms with Crippen molar-refractivity contribution in [1.29, 1.82) is 0 Å². The molecule has 0 saturated heterocycles. The van der Waals surface area contributed by atoms with Crippen LogP contribution in [0.25, 0.3) is 27.1 Å². The molecule has 2 aromatic heterocycles. The molecule has 1 aliphatic heterocycles. The van der Waals surface area contributed by atoms with Crippen molar-refractivity contribution in [1.82, 2.24) is 14.8 Å². The number of nitrogens with two attached hydrogens (primary N) is 1. The lowest BCUT2D eigenvalue weighted by molar-refractivity contribution is -0.113. The minimum atomic E-state index is -0.556. The van der Waals surface area contributed by atoms with Gasteiger partial charge in [0.15, 0.2) is 0 Å². The number of anilines is 1. The number of benzene rings is 1. The highest BCUT2D eigenvalue weighted by molar-refractivity contribution is 7.90. The maximum absolute atomic E-state index is 11.0. The first-order valence-electron chi connectivity index (χ1n) is 7.91. The van der Waals surface area contributed by atoms with E-state index in [2.05, 4.69) is 46.8 Å². The number of rotatable bonds is 3. The first kappa shape index (κ1) is 15.7. The Morgan fingerprint density at radius 3 is 2.92 bits per heavy atom. The van der Waals surface area contributed by atoms with Crippen LogP contribution in [-0.4, -0.2) is 34.3 Å². The largest absolute Gasteiger partial charge is 0.366 e. The fourth-order valence-electron chi connectivity index (χ4n) is 3.17. The summed E-state index contributed by atoms with van der Waals surface area (Å²) in [6, 6.07) is 8.25. The summed E-state index contributed by atoms with van der Waals surface area (Å²) in [5.74, 6) is 0.508. The zero-order chi connectivity index (χ0) is 17.6. The Hall–Kier alpha value is -2.80. The summed E-state index contributed by atoms with van der Waals surface area (Å²) in [5, 5.41) is 5.64. The van der Waals surface area contributed by atoms with Gasteiger partial charge in [0.05, 0.1) is 11.7 Å². The summed E-state index contributed by atoms with van der Waals surface area (Å²) in [4.78, 5) is 17.8. The van der Waals surface area contributed by atoms with Gasteiger partial charge in [0.2, 0.25) is 5.91 Å². The lowest BCUT2D eigenvalue weighted by Gasteiger charge is -2.11. The molecule has 126 valence electrons. The highest BCUT2D eigenvalue weighted by Gasteiger charge is 2.17. The molecule has 0 aliphatic carbocycles. The van der Waals surface area contributed by atoms with E-state index >= 15 is 0 Å². The van der Waals surface area contributed by atoms with Crippen LogP contribution in [0.4, 0.5) is 5.82 Å². The number of thiol groups is 1. The molecule has 25 heavy (non-hydrogen) atoms. The van der Waals surface area contributed by atoms with E-state index in [1.165, 1.54) is 11.6 Å². The van der Waals surface area contributed by atoms with E-state index in [1.807, 2.05) is 18.3 Å². The Kier molecular flexibility index (Phi) is 3.73. The molecule has 3 heterocycles. The Morgan fingerprint density at radius 1 is 1.28 bits per heavy atom. The van der Waals surface area contributed by atoms with Crippen LogP contribution in [0.15, 0.2) is 42.7 Å². The van der Waals surface area contributed by atoms with Crippen molar-refractivity contribution in [3.05, 3.63) is 48.3 Å². The number of fused-ring (bicyclic) bond motifs is 2. The van der Waals surface area contributed by atoms with Gasteiger partial charge in [-0.25, -0.2) is 9.67 Å². The Morgan fingerprint density at radius 2 is 2.12 bits per heavy atom. The van der Waals surface area contributed by atoms with Crippen molar-refractivity contribution in [3.63, 3.8) is 0 Å². The van der Waals surface area contributed by atoms with Gasteiger partial charge in [0.25, 0.3) is 0 Å². The topological polar surface area (TPSA) is 77.0 Å². The van der Waals surface area contributed by atoms with Crippen molar-refractivity contribution in [2.75, 3.05) is 18.5 Å². The van der Waals surface area contributed by atoms with Crippen molar-refractivity contribution in [3.8, 4) is 11.1 Å². The molecule has 7 heteroatoms. The minimum absolute atomic E-state index is 0.387. The molecule has 0 radical (unpaired) electrons. The SMILES string of the molecule is CN1CCc2cc(-c3ccc4c(cnn4/C(S)=C/C(N)=O)c3)cnc21. The summed E-state index contributed by atoms with van der Waals surface area (Å²) in [6.07, 6.45) is 5.92. The second-order valence-electron chi connectivity index (χ2n) is 6.11. The van der Waals surface area contributed by atoms with Crippen LogP contribution in [0.2, 0.25) is 0 Å². The van der Waals surface area contributed by atoms with Crippen LogP contribution in [0, 0.1) is 0 Å². The van der Waals surface area contributed by atoms with Gasteiger partial charge in [-0.15, -0.1) is 12.6 Å². The van der Waals surface area contributed by atoms with E-state index in [-0.39, 0.29) is 0 Å². The molecule has 2 N–H and O–H groups in total. The van der Waals surface area contributed by atoms with Crippen LogP contribution >= 0.6 is 12.6 Å². The third-order valence-corrected chi connectivity index (χ3v) is 4.73. The van der Waals surface area contributed by atoms with E-state index in [9.17, 15) is 4.79 Å². The molecule has 0 atom stereocenters. The molecule has 0 spiro atoms. The average molecular weight is 351 g/mol. The van der Waals surface area contributed by atoms with E-state index in [1.54, 1.807) is 10.9 Å². The summed E-state index contributed by atoms with van der Waals surface area (Å²) >= 11 is 4.30. The Bertz CT molecular complexity index is 1020. The standard InChI is InChI=1S/C18H17N5OS/c1-22-5-4-12-7-13(9-20-18(12)22)11-2-3-15-14(6-11)10-21-23(15)17(25)8-16(19)24/h2-3,6-10,25H,4-5H2,1H3,(H2,19,24)/b17-8-. The van der Waals surface area contributed by atoms with Gasteiger partial charge in [-0.3, -0.25) is 4.79 Å². The van der Waals surface area contributed by atoms with Gasteiger partial charge in [-0.2, -0.15) is 5.10 Å². The highest BCUT2D eigenvalue weighted by Crippen LogP contribution is 2.31. The molecule has 1 amide bonds. The molecule has 1 aromatic carbocycles. The lowest BCUT2D eigenvalue weighted by atomic mass is 10.0. The number of likely N-dealkylation sites (N-methyl/N-ethyl adjacent to an activating group) is 1. The molecule has 0 saturated carbocycles. The third kappa shape index (κ3) is 2.76. The van der Waals surface area contributed by atoms with Gasteiger partial charge in [-0.05, 0) is 35.7 Å². The van der Waals surface area contributed by atoms with E-state index < -0.39 is 5.91 Å². The summed E-state index contributed by atoms with van der Waals surface area (Å²) < 4.78 is 1.59. The summed E-state index contributed by atoms with van der Waals surface area (Å²) in [7, 11) is 2.06. The predicted octanol–water partition coefficient (Wildman–Crippen LogP) is 2.30. The smallest absolute Gasteiger partial charge is 0.244 e.